The fraction of sp³-hybridized carbons (Fsp3) is 0.174. The first-order valence-electron chi connectivity index (χ1n) is 9.55. The predicted octanol–water partition coefficient (Wildman–Crippen LogP) is 4.22. The molecule has 2 aromatic carbocycles. The van der Waals surface area contributed by atoms with E-state index in [-0.39, 0.29) is 5.91 Å². The third-order valence-corrected chi connectivity index (χ3v) is 5.27. The van der Waals surface area contributed by atoms with Crippen molar-refractivity contribution in [3.05, 3.63) is 89.2 Å². The first kappa shape index (κ1) is 16.7. The van der Waals surface area contributed by atoms with E-state index in [4.69, 9.17) is 0 Å². The van der Waals surface area contributed by atoms with Gasteiger partial charge in [0, 0.05) is 17.3 Å². The van der Waals surface area contributed by atoms with Crippen LogP contribution in [0.2, 0.25) is 0 Å². The maximum Gasteiger partial charge on any atom is 0.257 e. The highest BCUT2D eigenvalue weighted by Gasteiger charge is 2.14. The van der Waals surface area contributed by atoms with Gasteiger partial charge in [0.05, 0.1) is 18.3 Å². The van der Waals surface area contributed by atoms with Crippen LogP contribution in [0.3, 0.4) is 0 Å². The minimum atomic E-state index is -0.150. The lowest BCUT2D eigenvalue weighted by atomic mass is 10.1. The lowest BCUT2D eigenvalue weighted by molar-refractivity contribution is 0.102. The molecule has 0 saturated heterocycles. The van der Waals surface area contributed by atoms with Gasteiger partial charge in [-0.15, -0.1) is 0 Å². The molecule has 28 heavy (non-hydrogen) atoms. The van der Waals surface area contributed by atoms with Gasteiger partial charge < -0.3 is 5.32 Å². The first-order valence-corrected chi connectivity index (χ1v) is 9.55. The lowest BCUT2D eigenvalue weighted by Gasteiger charge is -2.08. The van der Waals surface area contributed by atoms with Gasteiger partial charge in [0.2, 0.25) is 0 Å². The van der Waals surface area contributed by atoms with Gasteiger partial charge in [-0.1, -0.05) is 36.4 Å². The summed E-state index contributed by atoms with van der Waals surface area (Å²) in [6, 6.07) is 18.2. The number of nitrogens with zero attached hydrogens (tertiary/aromatic N) is 3. The summed E-state index contributed by atoms with van der Waals surface area (Å²) >= 11 is 0. The number of nitrogens with one attached hydrogen (secondary N) is 1. The number of carbonyl (C=O) groups excluding carboxylic acids is 1. The SMILES string of the molecule is O=C(Nc1ccc2c(c1)CCC2)c1cnc2c(cnn2Cc2ccccc2)c1. The Morgan fingerprint density at radius 3 is 2.75 bits per heavy atom. The fourth-order valence-electron chi connectivity index (χ4n) is 3.82. The van der Waals surface area contributed by atoms with E-state index in [9.17, 15) is 4.79 Å². The zero-order chi connectivity index (χ0) is 18.9. The molecule has 5 rings (SSSR count). The highest BCUT2D eigenvalue weighted by molar-refractivity contribution is 6.05. The standard InChI is InChI=1S/C23H20N4O/c28-23(26-21-10-9-17-7-4-8-18(17)12-21)20-11-19-14-25-27(22(19)24-13-20)15-16-5-2-1-3-6-16/h1-3,5-6,9-14H,4,7-8,15H2,(H,26,28). The Balaban J connectivity index is 1.37. The molecule has 5 nitrogen and oxygen atoms in total. The van der Waals surface area contributed by atoms with E-state index in [1.165, 1.54) is 17.5 Å². The van der Waals surface area contributed by atoms with Gasteiger partial charge in [-0.3, -0.25) is 4.79 Å². The normalized spacial score (nSPS) is 12.9. The number of hydrogen-bond acceptors (Lipinski definition) is 3. The van der Waals surface area contributed by atoms with Crippen LogP contribution < -0.4 is 5.32 Å². The van der Waals surface area contributed by atoms with Crippen molar-refractivity contribution in [2.75, 3.05) is 5.32 Å². The van der Waals surface area contributed by atoms with Crippen molar-refractivity contribution in [3.8, 4) is 0 Å². The molecule has 1 N–H and O–H groups in total. The van der Waals surface area contributed by atoms with Gasteiger partial charge in [-0.2, -0.15) is 5.10 Å². The summed E-state index contributed by atoms with van der Waals surface area (Å²) in [4.78, 5) is 17.2. The maximum absolute atomic E-state index is 12.7. The van der Waals surface area contributed by atoms with Crippen LogP contribution in [0.1, 0.15) is 33.5 Å². The number of hydrogen-bond donors (Lipinski definition) is 1. The highest BCUT2D eigenvalue weighted by Crippen LogP contribution is 2.25. The topological polar surface area (TPSA) is 59.8 Å². The van der Waals surface area contributed by atoms with Gasteiger partial charge in [0.25, 0.3) is 5.91 Å². The summed E-state index contributed by atoms with van der Waals surface area (Å²) in [6.07, 6.45) is 6.80. The molecule has 4 aromatic rings. The molecule has 1 amide bonds. The highest BCUT2D eigenvalue weighted by atomic mass is 16.1. The summed E-state index contributed by atoms with van der Waals surface area (Å²) in [5.74, 6) is -0.150. The number of aromatic nitrogens is 3. The Bertz CT molecular complexity index is 1160. The summed E-state index contributed by atoms with van der Waals surface area (Å²) in [5.41, 5.74) is 6.05. The minimum absolute atomic E-state index is 0.150. The molecular formula is C23H20N4O. The molecule has 1 aliphatic rings. The summed E-state index contributed by atoms with van der Waals surface area (Å²) in [7, 11) is 0. The van der Waals surface area contributed by atoms with Gasteiger partial charge >= 0.3 is 0 Å². The van der Waals surface area contributed by atoms with Gasteiger partial charge in [0.1, 0.15) is 0 Å². The summed E-state index contributed by atoms with van der Waals surface area (Å²) in [5, 5.41) is 8.29. The van der Waals surface area contributed by atoms with Crippen LogP contribution in [0.25, 0.3) is 11.0 Å². The van der Waals surface area contributed by atoms with E-state index in [1.54, 1.807) is 12.4 Å². The summed E-state index contributed by atoms with van der Waals surface area (Å²) < 4.78 is 1.85. The molecule has 0 aliphatic heterocycles. The van der Waals surface area contributed by atoms with Gasteiger partial charge in [-0.25, -0.2) is 9.67 Å². The van der Waals surface area contributed by atoms with Crippen LogP contribution in [0.15, 0.2) is 67.0 Å². The Morgan fingerprint density at radius 2 is 1.86 bits per heavy atom. The van der Waals surface area contributed by atoms with Crippen LogP contribution in [-0.2, 0) is 19.4 Å². The molecule has 0 spiro atoms. The molecule has 0 unspecified atom stereocenters. The second kappa shape index (κ2) is 6.93. The quantitative estimate of drug-likeness (QED) is 0.587. The number of fused-ring (bicyclic) bond motifs is 2. The number of carbonyl (C=O) groups is 1. The van der Waals surface area contributed by atoms with Crippen LogP contribution in [0.5, 0.6) is 0 Å². The second-order valence-corrected chi connectivity index (χ2v) is 7.22. The molecule has 0 radical (unpaired) electrons. The maximum atomic E-state index is 12.7. The number of amides is 1. The van der Waals surface area contributed by atoms with Crippen molar-refractivity contribution in [2.24, 2.45) is 0 Å². The molecule has 2 aromatic heterocycles. The van der Waals surface area contributed by atoms with Crippen molar-refractivity contribution in [1.82, 2.24) is 14.8 Å². The van der Waals surface area contributed by atoms with E-state index < -0.39 is 0 Å². The molecule has 138 valence electrons. The minimum Gasteiger partial charge on any atom is -0.322 e. The van der Waals surface area contributed by atoms with Crippen LogP contribution in [0, 0.1) is 0 Å². The molecule has 0 saturated carbocycles. The van der Waals surface area contributed by atoms with Gasteiger partial charge in [-0.05, 0) is 54.2 Å². The van der Waals surface area contributed by atoms with E-state index >= 15 is 0 Å². The van der Waals surface area contributed by atoms with E-state index in [1.807, 2.05) is 35.0 Å². The van der Waals surface area contributed by atoms with E-state index in [2.05, 4.69) is 39.7 Å². The van der Waals surface area contributed by atoms with Crippen molar-refractivity contribution in [1.29, 1.82) is 0 Å². The molecule has 0 atom stereocenters. The number of rotatable bonds is 4. The fourth-order valence-corrected chi connectivity index (χ4v) is 3.82. The molecular weight excluding hydrogens is 348 g/mol. The predicted molar refractivity (Wildman–Crippen MR) is 109 cm³/mol. The number of aryl methyl sites for hydroxylation is 2. The third kappa shape index (κ3) is 3.16. The van der Waals surface area contributed by atoms with Crippen LogP contribution in [-0.4, -0.2) is 20.7 Å². The van der Waals surface area contributed by atoms with Crippen molar-refractivity contribution < 1.29 is 4.79 Å². The molecule has 1 aliphatic carbocycles. The van der Waals surface area contributed by atoms with Crippen LogP contribution in [0.4, 0.5) is 5.69 Å². The zero-order valence-electron chi connectivity index (χ0n) is 15.4. The Hall–Kier alpha value is -3.47. The average Bonchev–Trinajstić information content (AvgIpc) is 3.35. The lowest BCUT2D eigenvalue weighted by Crippen LogP contribution is -2.12. The molecule has 0 fully saturated rings. The monoisotopic (exact) mass is 368 g/mol. The zero-order valence-corrected chi connectivity index (χ0v) is 15.4. The van der Waals surface area contributed by atoms with Crippen molar-refractivity contribution in [2.45, 2.75) is 25.8 Å². The van der Waals surface area contributed by atoms with Crippen LogP contribution >= 0.6 is 0 Å². The van der Waals surface area contributed by atoms with Crippen molar-refractivity contribution in [3.63, 3.8) is 0 Å². The Kier molecular flexibility index (Phi) is 4.13. The smallest absolute Gasteiger partial charge is 0.257 e. The third-order valence-electron chi connectivity index (χ3n) is 5.27. The Morgan fingerprint density at radius 1 is 1.00 bits per heavy atom. The Labute approximate surface area is 163 Å². The summed E-state index contributed by atoms with van der Waals surface area (Å²) in [6.45, 7) is 0.651. The van der Waals surface area contributed by atoms with E-state index in [0.717, 1.165) is 35.1 Å². The average molecular weight is 368 g/mol. The first-order chi connectivity index (χ1) is 13.8. The second-order valence-electron chi connectivity index (χ2n) is 7.22. The number of anilines is 1. The molecule has 2 heterocycles. The number of benzene rings is 2. The van der Waals surface area contributed by atoms with E-state index in [0.29, 0.717) is 12.1 Å². The molecule has 0 bridgehead atoms. The van der Waals surface area contributed by atoms with Gasteiger partial charge in [0.15, 0.2) is 5.65 Å². The van der Waals surface area contributed by atoms with Crippen molar-refractivity contribution >= 4 is 22.6 Å². The number of pyridine rings is 1. The molecule has 5 heteroatoms. The largest absolute Gasteiger partial charge is 0.322 e.